The minimum atomic E-state index is 0.450. The molecule has 334 valence electrons. The number of fused-ring (bicyclic) bond motifs is 12. The molecule has 0 radical (unpaired) electrons. The van der Waals surface area contributed by atoms with Crippen LogP contribution in [0.15, 0.2) is 225 Å². The first-order chi connectivity index (χ1) is 35.8. The predicted molar refractivity (Wildman–Crippen MR) is 291 cm³/mol. The molecule has 0 fully saturated rings. The lowest BCUT2D eigenvalue weighted by Crippen LogP contribution is -2.16. The second-order valence-electron chi connectivity index (χ2n) is 18.1. The molecule has 8 heterocycles. The van der Waals surface area contributed by atoms with Crippen molar-refractivity contribution in [2.45, 2.75) is 0 Å². The van der Waals surface area contributed by atoms with E-state index in [1.165, 1.54) is 0 Å². The fraction of sp³-hybridized carbons (Fsp3) is 0. The summed E-state index contributed by atoms with van der Waals surface area (Å²) in [6, 6.07) is 72.6. The van der Waals surface area contributed by atoms with Crippen molar-refractivity contribution in [3.05, 3.63) is 231 Å². The molecule has 8 aromatic heterocycles. The summed E-state index contributed by atoms with van der Waals surface area (Å²) in [4.78, 5) is 20.3. The van der Waals surface area contributed by atoms with Crippen molar-refractivity contribution in [1.29, 1.82) is 5.26 Å². The van der Waals surface area contributed by atoms with Crippen molar-refractivity contribution in [2.24, 2.45) is 0 Å². The first-order valence-electron chi connectivity index (χ1n) is 23.9. The van der Waals surface area contributed by atoms with E-state index in [-0.39, 0.29) is 0 Å². The van der Waals surface area contributed by atoms with E-state index < -0.39 is 0 Å². The van der Waals surface area contributed by atoms with Gasteiger partial charge in [0.15, 0.2) is 0 Å². The van der Waals surface area contributed by atoms with Gasteiger partial charge in [0.25, 0.3) is 0 Å². The Morgan fingerprint density at radius 1 is 0.292 bits per heavy atom. The molecule has 0 amide bonds. The zero-order chi connectivity index (χ0) is 47.4. The van der Waals surface area contributed by atoms with Gasteiger partial charge >= 0.3 is 0 Å². The van der Waals surface area contributed by atoms with Gasteiger partial charge in [0.1, 0.15) is 11.6 Å². The molecule has 0 saturated carbocycles. The standard InChI is InChI=1S/C63H37N9/c64-38-46-60(69-47-25-8-4-21-42(47)56-51(69)29-13-33-65-56)62(71-49-27-10-6-23-44(49)58-53(71)31-15-35-67-58)55(41-20-12-19-40(37-41)39-17-2-1-3-18-39)63(72-50-28-11-7-24-45(50)59-54(72)32-16-36-68-59)61(46)70-48-26-9-5-22-43(48)57-52(70)30-14-34-66-57/h1-37H. The smallest absolute Gasteiger partial charge is 0.104 e. The molecule has 0 spiro atoms. The van der Waals surface area contributed by atoms with Crippen LogP contribution in [-0.2, 0) is 0 Å². The number of pyridine rings is 4. The van der Waals surface area contributed by atoms with Crippen LogP contribution in [-0.4, -0.2) is 38.2 Å². The number of nitrogens with zero attached hydrogens (tertiary/aromatic N) is 9. The van der Waals surface area contributed by atoms with Crippen molar-refractivity contribution in [3.63, 3.8) is 0 Å². The summed E-state index contributed by atoms with van der Waals surface area (Å²) in [5, 5.41) is 16.6. The normalized spacial score (nSPS) is 11.9. The molecule has 0 aliphatic carbocycles. The third kappa shape index (κ3) is 5.51. The number of benzene rings is 7. The highest BCUT2D eigenvalue weighted by Gasteiger charge is 2.35. The van der Waals surface area contributed by atoms with Crippen LogP contribution >= 0.6 is 0 Å². The molecule has 0 saturated heterocycles. The van der Waals surface area contributed by atoms with Crippen LogP contribution in [0.5, 0.6) is 0 Å². The molecule has 0 N–H and O–H groups in total. The average Bonchev–Trinajstić information content (AvgIpc) is 4.18. The summed E-state index contributed by atoms with van der Waals surface area (Å²) in [6.45, 7) is 0. The van der Waals surface area contributed by atoms with E-state index in [1.807, 2.05) is 49.1 Å². The number of hydrogen-bond acceptors (Lipinski definition) is 5. The van der Waals surface area contributed by atoms with Crippen molar-refractivity contribution in [1.82, 2.24) is 38.2 Å². The Kier molecular flexibility index (Phi) is 8.52. The van der Waals surface area contributed by atoms with Crippen molar-refractivity contribution >= 4 is 87.7 Å². The molecule has 0 aliphatic rings. The number of para-hydroxylation sites is 4. The number of hydrogen-bond donors (Lipinski definition) is 0. The van der Waals surface area contributed by atoms with Crippen molar-refractivity contribution in [3.8, 4) is 51.1 Å². The van der Waals surface area contributed by atoms with Gasteiger partial charge in [-0.15, -0.1) is 0 Å². The van der Waals surface area contributed by atoms with Crippen LogP contribution in [0.1, 0.15) is 5.56 Å². The maximum atomic E-state index is 12.7. The Morgan fingerprint density at radius 2 is 0.611 bits per heavy atom. The SMILES string of the molecule is N#Cc1c(-n2c3ccccc3c3ncccc32)c(-n2c3ccccc3c3ncccc32)c(-c2cccc(-c3ccccc3)c2)c(-n2c3ccccc3c3ncccc32)c1-n1c2ccccc2c2ncccc21. The fourth-order valence-electron chi connectivity index (χ4n) is 11.5. The van der Waals surface area contributed by atoms with Crippen LogP contribution < -0.4 is 0 Å². The average molecular weight is 920 g/mol. The molecule has 9 heteroatoms. The van der Waals surface area contributed by atoms with Gasteiger partial charge in [-0.2, -0.15) is 5.26 Å². The van der Waals surface area contributed by atoms with Gasteiger partial charge in [-0.25, -0.2) is 0 Å². The fourth-order valence-corrected chi connectivity index (χ4v) is 11.5. The Labute approximate surface area is 411 Å². The van der Waals surface area contributed by atoms with Crippen molar-refractivity contribution < 1.29 is 0 Å². The number of aromatic nitrogens is 8. The molecule has 0 atom stereocenters. The topological polar surface area (TPSA) is 95.1 Å². The van der Waals surface area contributed by atoms with E-state index in [9.17, 15) is 5.26 Å². The van der Waals surface area contributed by atoms with Gasteiger partial charge in [0, 0.05) is 51.9 Å². The first kappa shape index (κ1) is 39.8. The van der Waals surface area contributed by atoms with E-state index in [0.29, 0.717) is 16.9 Å². The molecule has 15 rings (SSSR count). The van der Waals surface area contributed by atoms with E-state index in [0.717, 1.165) is 121 Å². The largest absolute Gasteiger partial charge is 0.305 e. The highest BCUT2D eigenvalue weighted by molar-refractivity contribution is 6.15. The van der Waals surface area contributed by atoms with Crippen LogP contribution in [0.4, 0.5) is 0 Å². The third-order valence-electron chi connectivity index (χ3n) is 14.4. The van der Waals surface area contributed by atoms with Crippen LogP contribution in [0.3, 0.4) is 0 Å². The molecule has 0 unspecified atom stereocenters. The van der Waals surface area contributed by atoms with Crippen LogP contribution in [0, 0.1) is 11.3 Å². The maximum absolute atomic E-state index is 12.7. The summed E-state index contributed by atoms with van der Waals surface area (Å²) in [5.41, 5.74) is 18.0. The van der Waals surface area contributed by atoms with Gasteiger partial charge in [-0.05, 0) is 95.6 Å². The van der Waals surface area contributed by atoms with Gasteiger partial charge < -0.3 is 18.3 Å². The first-order valence-corrected chi connectivity index (χ1v) is 23.9. The highest BCUT2D eigenvalue weighted by Crippen LogP contribution is 2.51. The summed E-state index contributed by atoms with van der Waals surface area (Å²) in [5.74, 6) is 0. The number of rotatable bonds is 6. The van der Waals surface area contributed by atoms with E-state index >= 15 is 0 Å². The summed E-state index contributed by atoms with van der Waals surface area (Å²) in [7, 11) is 0. The third-order valence-corrected chi connectivity index (χ3v) is 14.4. The molecule has 9 nitrogen and oxygen atoms in total. The Bertz CT molecular complexity index is 4310. The van der Waals surface area contributed by atoms with Gasteiger partial charge in [0.2, 0.25) is 0 Å². The predicted octanol–water partition coefficient (Wildman–Crippen LogP) is 14.9. The van der Waals surface area contributed by atoms with Crippen LogP contribution in [0.2, 0.25) is 0 Å². The number of nitriles is 1. The lowest BCUT2D eigenvalue weighted by Gasteiger charge is -2.29. The molecule has 15 aromatic rings. The maximum Gasteiger partial charge on any atom is 0.104 e. The van der Waals surface area contributed by atoms with Gasteiger partial charge in [-0.1, -0.05) is 121 Å². The molecule has 0 bridgehead atoms. The molecular formula is C63H37N9. The minimum absolute atomic E-state index is 0.450. The van der Waals surface area contributed by atoms with E-state index in [1.54, 1.807) is 0 Å². The lowest BCUT2D eigenvalue weighted by atomic mass is 9.91. The van der Waals surface area contributed by atoms with Crippen LogP contribution in [0.25, 0.3) is 133 Å². The van der Waals surface area contributed by atoms with Crippen molar-refractivity contribution in [2.75, 3.05) is 0 Å². The van der Waals surface area contributed by atoms with Gasteiger partial charge in [0.05, 0.1) is 88.9 Å². The molecular weight excluding hydrogens is 883 g/mol. The summed E-state index contributed by atoms with van der Waals surface area (Å²) >= 11 is 0. The minimum Gasteiger partial charge on any atom is -0.305 e. The zero-order valence-corrected chi connectivity index (χ0v) is 38.4. The molecule has 0 aliphatic heterocycles. The molecule has 72 heavy (non-hydrogen) atoms. The monoisotopic (exact) mass is 919 g/mol. The second kappa shape index (κ2) is 15.4. The van der Waals surface area contributed by atoms with E-state index in [2.05, 4.69) is 200 Å². The Balaban J connectivity index is 1.31. The van der Waals surface area contributed by atoms with E-state index in [4.69, 9.17) is 19.9 Å². The highest BCUT2D eigenvalue weighted by atomic mass is 15.1. The summed E-state index contributed by atoms with van der Waals surface area (Å²) in [6.07, 6.45) is 7.42. The zero-order valence-electron chi connectivity index (χ0n) is 38.4. The quantitative estimate of drug-likeness (QED) is 0.166. The second-order valence-corrected chi connectivity index (χ2v) is 18.1. The lowest BCUT2D eigenvalue weighted by molar-refractivity contribution is 1.03. The Morgan fingerprint density at radius 3 is 1.00 bits per heavy atom. The Hall–Kier alpha value is -10.2. The van der Waals surface area contributed by atoms with Gasteiger partial charge in [-0.3, -0.25) is 19.9 Å². The summed E-state index contributed by atoms with van der Waals surface area (Å²) < 4.78 is 9.25. The molecule has 7 aromatic carbocycles.